The third kappa shape index (κ3) is 6.52. The van der Waals surface area contributed by atoms with Gasteiger partial charge in [0.05, 0.1) is 5.56 Å². The molecule has 2 heterocycles. The van der Waals surface area contributed by atoms with Crippen LogP contribution in [0.25, 0.3) is 0 Å². The average Bonchev–Trinajstić information content (AvgIpc) is 2.91. The first-order valence-corrected chi connectivity index (χ1v) is 14.2. The number of hydrogen-bond donors (Lipinski definition) is 1. The van der Waals surface area contributed by atoms with Crippen LogP contribution in [0.3, 0.4) is 0 Å². The van der Waals surface area contributed by atoms with E-state index in [1.165, 1.54) is 18.3 Å². The molecule has 1 atom stereocenters. The second-order valence-corrected chi connectivity index (χ2v) is 11.5. The number of anilines is 2. The molecule has 1 aliphatic rings. The van der Waals surface area contributed by atoms with Crippen molar-refractivity contribution in [3.05, 3.63) is 77.8 Å². The quantitative estimate of drug-likeness (QED) is 0.336. The van der Waals surface area contributed by atoms with Crippen molar-refractivity contribution >= 4 is 21.5 Å². The monoisotopic (exact) mass is 583 g/mol. The number of halogens is 5. The lowest BCUT2D eigenvalue weighted by atomic mass is 9.81. The Hall–Kier alpha value is -3.32. The molecule has 0 saturated carbocycles. The van der Waals surface area contributed by atoms with Crippen LogP contribution in [-0.2, 0) is 22.6 Å². The smallest absolute Gasteiger partial charge is 0.370 e. The SMILES string of the molecule is CCN(C)[C@]1(CCc2cccc(C(F)(F)F)c2)CCCN(c2cc(F)c(S(=O)(=O)Nc3ccncn3)c(F)c2)C1. The van der Waals surface area contributed by atoms with Crippen LogP contribution in [0.4, 0.5) is 33.5 Å². The molecule has 4 rings (SSSR count). The van der Waals surface area contributed by atoms with Gasteiger partial charge in [-0.05, 0) is 69.1 Å². The van der Waals surface area contributed by atoms with Gasteiger partial charge in [0.2, 0.25) is 0 Å². The number of sulfonamides is 1. The standard InChI is InChI=1S/C27H30F5N5O2S/c1-3-36(2)26(11-8-19-6-4-7-20(14-19)27(30,31)32)10-5-13-37(17-26)21-15-22(28)25(23(29)16-21)40(38,39)35-24-9-12-33-18-34-24/h4,6-7,9,12,14-16,18H,3,5,8,10-11,13,17H2,1-2H3,(H,33,34,35)/t26-/m0/s1. The highest BCUT2D eigenvalue weighted by atomic mass is 32.2. The molecule has 0 amide bonds. The van der Waals surface area contributed by atoms with Gasteiger partial charge in [-0.25, -0.2) is 27.2 Å². The third-order valence-electron chi connectivity index (χ3n) is 7.41. The van der Waals surface area contributed by atoms with Crippen LogP contribution in [0.2, 0.25) is 0 Å². The van der Waals surface area contributed by atoms with Crippen molar-refractivity contribution in [1.29, 1.82) is 0 Å². The van der Waals surface area contributed by atoms with Crippen molar-refractivity contribution in [2.45, 2.75) is 49.2 Å². The first-order valence-electron chi connectivity index (χ1n) is 12.7. The van der Waals surface area contributed by atoms with Crippen LogP contribution in [-0.4, -0.2) is 55.5 Å². The van der Waals surface area contributed by atoms with Crippen LogP contribution in [0.5, 0.6) is 0 Å². The Morgan fingerprint density at radius 1 is 1.12 bits per heavy atom. The summed E-state index contributed by atoms with van der Waals surface area (Å²) in [5.41, 5.74) is -0.446. The second kappa shape index (κ2) is 11.7. The molecule has 0 bridgehead atoms. The van der Waals surface area contributed by atoms with Crippen molar-refractivity contribution in [2.75, 3.05) is 36.3 Å². The number of aryl methyl sites for hydroxylation is 1. The minimum atomic E-state index is -4.61. The lowest BCUT2D eigenvalue weighted by Crippen LogP contribution is -2.58. The van der Waals surface area contributed by atoms with E-state index in [0.717, 1.165) is 37.0 Å². The normalized spacial score (nSPS) is 18.2. The molecule has 13 heteroatoms. The van der Waals surface area contributed by atoms with Gasteiger partial charge in [0.15, 0.2) is 4.90 Å². The predicted octanol–water partition coefficient (Wildman–Crippen LogP) is 5.50. The molecule has 40 heavy (non-hydrogen) atoms. The van der Waals surface area contributed by atoms with Gasteiger partial charge in [-0.2, -0.15) is 13.2 Å². The summed E-state index contributed by atoms with van der Waals surface area (Å²) in [6.07, 6.45) is 0.263. The van der Waals surface area contributed by atoms with Gasteiger partial charge in [-0.3, -0.25) is 9.62 Å². The maximum absolute atomic E-state index is 15.2. The van der Waals surface area contributed by atoms with Gasteiger partial charge in [0.1, 0.15) is 23.8 Å². The maximum atomic E-state index is 15.2. The minimum Gasteiger partial charge on any atom is -0.370 e. The van der Waals surface area contributed by atoms with Crippen molar-refractivity contribution in [2.24, 2.45) is 0 Å². The fraction of sp³-hybridized carbons (Fsp3) is 0.407. The molecule has 0 unspecified atom stereocenters. The molecule has 1 N–H and O–H groups in total. The first kappa shape index (κ1) is 29.7. The van der Waals surface area contributed by atoms with Crippen molar-refractivity contribution < 1.29 is 30.4 Å². The van der Waals surface area contributed by atoms with E-state index in [1.807, 2.05) is 18.7 Å². The average molecular weight is 584 g/mol. The molecule has 216 valence electrons. The van der Waals surface area contributed by atoms with Gasteiger partial charge in [-0.1, -0.05) is 25.1 Å². The number of nitrogens with one attached hydrogen (secondary N) is 1. The Morgan fingerprint density at radius 3 is 2.48 bits per heavy atom. The molecule has 7 nitrogen and oxygen atoms in total. The Kier molecular flexibility index (Phi) is 8.64. The third-order valence-corrected chi connectivity index (χ3v) is 8.82. The number of piperidine rings is 1. The lowest BCUT2D eigenvalue weighted by molar-refractivity contribution is -0.137. The highest BCUT2D eigenvalue weighted by Crippen LogP contribution is 2.36. The molecule has 1 aliphatic heterocycles. The van der Waals surface area contributed by atoms with Gasteiger partial charge < -0.3 is 4.90 Å². The highest BCUT2D eigenvalue weighted by Gasteiger charge is 2.39. The molecular weight excluding hydrogens is 553 g/mol. The van der Waals surface area contributed by atoms with Crippen LogP contribution >= 0.6 is 0 Å². The largest absolute Gasteiger partial charge is 0.416 e. The minimum absolute atomic E-state index is 0.137. The van der Waals surface area contributed by atoms with Crippen LogP contribution in [0.15, 0.2) is 59.9 Å². The second-order valence-electron chi connectivity index (χ2n) is 9.90. The summed E-state index contributed by atoms with van der Waals surface area (Å²) in [6.45, 7) is 3.47. The van der Waals surface area contributed by atoms with E-state index < -0.39 is 43.8 Å². The van der Waals surface area contributed by atoms with E-state index in [4.69, 9.17) is 0 Å². The van der Waals surface area contributed by atoms with Crippen LogP contribution in [0.1, 0.15) is 37.3 Å². The zero-order valence-electron chi connectivity index (χ0n) is 22.0. The van der Waals surface area contributed by atoms with E-state index in [9.17, 15) is 21.6 Å². The number of benzene rings is 2. The summed E-state index contributed by atoms with van der Waals surface area (Å²) in [5.74, 6) is -2.64. The molecule has 0 aliphatic carbocycles. The molecule has 3 aromatic rings. The number of likely N-dealkylation sites (N-methyl/N-ethyl adjacent to an activating group) is 1. The van der Waals surface area contributed by atoms with Gasteiger partial charge in [0.25, 0.3) is 10.0 Å². The summed E-state index contributed by atoms with van der Waals surface area (Å²) in [6, 6.07) is 8.48. The summed E-state index contributed by atoms with van der Waals surface area (Å²) < 4.78 is 97.5. The van der Waals surface area contributed by atoms with E-state index in [0.29, 0.717) is 44.5 Å². The van der Waals surface area contributed by atoms with E-state index in [1.54, 1.807) is 11.0 Å². The number of nitrogens with zero attached hydrogens (tertiary/aromatic N) is 4. The topological polar surface area (TPSA) is 78.4 Å². The maximum Gasteiger partial charge on any atom is 0.416 e. The molecule has 0 spiro atoms. The number of aromatic nitrogens is 2. The number of rotatable bonds is 9. The summed E-state index contributed by atoms with van der Waals surface area (Å²) >= 11 is 0. The Balaban J connectivity index is 1.58. The van der Waals surface area contributed by atoms with Gasteiger partial charge in [-0.15, -0.1) is 0 Å². The van der Waals surface area contributed by atoms with Gasteiger partial charge in [0, 0.05) is 30.5 Å². The fourth-order valence-corrected chi connectivity index (χ4v) is 6.31. The number of alkyl halides is 3. The van der Waals surface area contributed by atoms with Crippen molar-refractivity contribution in [3.8, 4) is 0 Å². The van der Waals surface area contributed by atoms with E-state index >= 15 is 8.78 Å². The van der Waals surface area contributed by atoms with Crippen LogP contribution < -0.4 is 9.62 Å². The Bertz CT molecular complexity index is 1420. The molecular formula is C27H30F5N5O2S. The molecule has 1 saturated heterocycles. The first-order chi connectivity index (χ1) is 18.8. The van der Waals surface area contributed by atoms with E-state index in [-0.39, 0.29) is 11.5 Å². The lowest BCUT2D eigenvalue weighted by Gasteiger charge is -2.49. The van der Waals surface area contributed by atoms with Crippen molar-refractivity contribution in [3.63, 3.8) is 0 Å². The predicted molar refractivity (Wildman–Crippen MR) is 141 cm³/mol. The fourth-order valence-electron chi connectivity index (χ4n) is 5.18. The zero-order valence-corrected chi connectivity index (χ0v) is 22.9. The Labute approximate surface area is 230 Å². The molecule has 0 radical (unpaired) electrons. The summed E-state index contributed by atoms with van der Waals surface area (Å²) in [5, 5.41) is 0. The molecule has 2 aromatic carbocycles. The molecule has 1 fully saturated rings. The summed E-state index contributed by atoms with van der Waals surface area (Å²) in [7, 11) is -2.69. The zero-order chi connectivity index (χ0) is 29.1. The summed E-state index contributed by atoms with van der Waals surface area (Å²) in [4.78, 5) is 10.2. The van der Waals surface area contributed by atoms with Crippen LogP contribution in [0, 0.1) is 11.6 Å². The highest BCUT2D eigenvalue weighted by molar-refractivity contribution is 7.92. The number of hydrogen-bond acceptors (Lipinski definition) is 6. The van der Waals surface area contributed by atoms with Gasteiger partial charge >= 0.3 is 6.18 Å². The molecule has 1 aromatic heterocycles. The van der Waals surface area contributed by atoms with E-state index in [2.05, 4.69) is 14.9 Å². The Morgan fingerprint density at radius 2 is 1.85 bits per heavy atom. The van der Waals surface area contributed by atoms with Crippen molar-refractivity contribution in [1.82, 2.24) is 14.9 Å².